The average molecular weight is 319 g/mol. The van der Waals surface area contributed by atoms with E-state index in [1.54, 1.807) is 24.4 Å². The van der Waals surface area contributed by atoms with Crippen LogP contribution in [0.4, 0.5) is 0 Å². The summed E-state index contributed by atoms with van der Waals surface area (Å²) in [5, 5.41) is 15.1. The van der Waals surface area contributed by atoms with Gasteiger partial charge in [-0.3, -0.25) is 4.79 Å². The van der Waals surface area contributed by atoms with Gasteiger partial charge in [0.1, 0.15) is 5.75 Å². The number of H-pyrrole nitrogens is 1. The normalized spacial score (nSPS) is 11.0. The third-order valence-corrected chi connectivity index (χ3v) is 3.72. The highest BCUT2D eigenvalue weighted by Crippen LogP contribution is 2.21. The van der Waals surface area contributed by atoms with Crippen LogP contribution in [0.1, 0.15) is 21.5 Å². The number of aromatic hydroxyl groups is 1. The number of benzene rings is 2. The number of carbonyl (C=O) groups excluding carboxylic acids is 1. The fourth-order valence-electron chi connectivity index (χ4n) is 2.53. The van der Waals surface area contributed by atoms with Gasteiger partial charge in [-0.25, -0.2) is 5.43 Å². The molecule has 24 heavy (non-hydrogen) atoms. The molecular weight excluding hydrogens is 302 g/mol. The molecule has 5 nitrogen and oxygen atoms in total. The van der Waals surface area contributed by atoms with Crippen LogP contribution >= 0.6 is 0 Å². The zero-order chi connectivity index (χ0) is 16.9. The topological polar surface area (TPSA) is 77.5 Å². The van der Waals surface area contributed by atoms with E-state index in [9.17, 15) is 9.90 Å². The summed E-state index contributed by atoms with van der Waals surface area (Å²) in [5.41, 5.74) is 5.06. The number of allylic oxidation sites excluding steroid dienone is 1. The summed E-state index contributed by atoms with van der Waals surface area (Å²) in [6, 6.07) is 12.7. The Morgan fingerprint density at radius 1 is 1.25 bits per heavy atom. The number of nitrogens with one attached hydrogen (secondary N) is 2. The molecule has 0 bridgehead atoms. The molecule has 1 aromatic heterocycles. The van der Waals surface area contributed by atoms with Crippen LogP contribution < -0.4 is 5.43 Å². The van der Waals surface area contributed by atoms with E-state index in [1.165, 1.54) is 6.21 Å². The van der Waals surface area contributed by atoms with Gasteiger partial charge in [0, 0.05) is 17.1 Å². The molecular formula is C19H17N3O2. The van der Waals surface area contributed by atoms with Crippen LogP contribution in [-0.4, -0.2) is 22.2 Å². The van der Waals surface area contributed by atoms with Crippen LogP contribution in [-0.2, 0) is 6.42 Å². The summed E-state index contributed by atoms with van der Waals surface area (Å²) < 4.78 is 0. The predicted molar refractivity (Wildman–Crippen MR) is 95.4 cm³/mol. The average Bonchev–Trinajstić information content (AvgIpc) is 3.06. The molecule has 0 aliphatic heterocycles. The minimum absolute atomic E-state index is 0.141. The van der Waals surface area contributed by atoms with Gasteiger partial charge in [-0.05, 0) is 30.2 Å². The molecule has 1 heterocycles. The Labute approximate surface area is 139 Å². The van der Waals surface area contributed by atoms with Crippen molar-refractivity contribution in [2.75, 3.05) is 0 Å². The number of para-hydroxylation sites is 2. The smallest absolute Gasteiger partial charge is 0.273 e. The first-order chi connectivity index (χ1) is 11.7. The SMILES string of the molecule is C=CCc1cccc(/C=N\NC(=O)c2cccc3cc[nH]c23)c1O. The number of phenolic OH excluding ortho intramolecular Hbond substituents is 1. The number of phenols is 1. The Kier molecular flexibility index (Phi) is 4.43. The van der Waals surface area contributed by atoms with Crippen molar-refractivity contribution in [2.45, 2.75) is 6.42 Å². The van der Waals surface area contributed by atoms with Gasteiger partial charge in [-0.1, -0.05) is 30.3 Å². The molecule has 1 amide bonds. The monoisotopic (exact) mass is 319 g/mol. The van der Waals surface area contributed by atoms with Crippen molar-refractivity contribution >= 4 is 23.0 Å². The molecule has 0 atom stereocenters. The van der Waals surface area contributed by atoms with Gasteiger partial charge < -0.3 is 10.1 Å². The quantitative estimate of drug-likeness (QED) is 0.383. The van der Waals surface area contributed by atoms with E-state index in [0.717, 1.165) is 16.5 Å². The molecule has 0 radical (unpaired) electrons. The van der Waals surface area contributed by atoms with Crippen LogP contribution in [0.25, 0.3) is 10.9 Å². The maximum Gasteiger partial charge on any atom is 0.273 e. The third kappa shape index (κ3) is 3.05. The Bertz CT molecular complexity index is 925. The lowest BCUT2D eigenvalue weighted by Gasteiger charge is -2.05. The van der Waals surface area contributed by atoms with Gasteiger partial charge >= 0.3 is 0 Å². The third-order valence-electron chi connectivity index (χ3n) is 3.72. The van der Waals surface area contributed by atoms with Crippen LogP contribution in [0, 0.1) is 0 Å². The van der Waals surface area contributed by atoms with Gasteiger partial charge in [0.15, 0.2) is 0 Å². The number of fused-ring (bicyclic) bond motifs is 1. The first-order valence-electron chi connectivity index (χ1n) is 7.52. The molecule has 0 spiro atoms. The molecule has 0 fully saturated rings. The number of hydrogen-bond donors (Lipinski definition) is 3. The van der Waals surface area contributed by atoms with Crippen molar-refractivity contribution in [2.24, 2.45) is 5.10 Å². The zero-order valence-electron chi connectivity index (χ0n) is 13.0. The molecule has 0 aliphatic carbocycles. The molecule has 120 valence electrons. The number of amides is 1. The minimum atomic E-state index is -0.318. The second kappa shape index (κ2) is 6.83. The van der Waals surface area contributed by atoms with E-state index in [1.807, 2.05) is 30.3 Å². The van der Waals surface area contributed by atoms with E-state index in [2.05, 4.69) is 22.1 Å². The summed E-state index contributed by atoms with van der Waals surface area (Å²) in [5.74, 6) is -0.178. The Morgan fingerprint density at radius 3 is 2.92 bits per heavy atom. The molecule has 0 saturated carbocycles. The first kappa shape index (κ1) is 15.6. The number of aromatic nitrogens is 1. The Morgan fingerprint density at radius 2 is 2.08 bits per heavy atom. The van der Waals surface area contributed by atoms with E-state index >= 15 is 0 Å². The highest BCUT2D eigenvalue weighted by atomic mass is 16.3. The van der Waals surface area contributed by atoms with Crippen molar-refractivity contribution in [3.05, 3.63) is 78.0 Å². The summed E-state index contributed by atoms with van der Waals surface area (Å²) in [6.07, 6.45) is 5.49. The van der Waals surface area contributed by atoms with Crippen molar-refractivity contribution in [1.29, 1.82) is 0 Å². The fraction of sp³-hybridized carbons (Fsp3) is 0.0526. The van der Waals surface area contributed by atoms with Crippen LogP contribution in [0.15, 0.2) is 66.4 Å². The van der Waals surface area contributed by atoms with Crippen LogP contribution in [0.5, 0.6) is 5.75 Å². The molecule has 0 aliphatic rings. The van der Waals surface area contributed by atoms with Crippen LogP contribution in [0.3, 0.4) is 0 Å². The number of hydrazone groups is 1. The fourth-order valence-corrected chi connectivity index (χ4v) is 2.53. The van der Waals surface area contributed by atoms with Gasteiger partial charge in [-0.15, -0.1) is 6.58 Å². The lowest BCUT2D eigenvalue weighted by atomic mass is 10.1. The Hall–Kier alpha value is -3.34. The number of rotatable bonds is 5. The van der Waals surface area contributed by atoms with Crippen molar-refractivity contribution in [3.63, 3.8) is 0 Å². The van der Waals surface area contributed by atoms with Crippen LogP contribution in [0.2, 0.25) is 0 Å². The highest BCUT2D eigenvalue weighted by Gasteiger charge is 2.10. The predicted octanol–water partition coefficient (Wildman–Crippen LogP) is 3.37. The van der Waals surface area contributed by atoms with Crippen molar-refractivity contribution in [3.8, 4) is 5.75 Å². The highest BCUT2D eigenvalue weighted by molar-refractivity contribution is 6.05. The summed E-state index contributed by atoms with van der Waals surface area (Å²) in [7, 11) is 0. The van der Waals surface area contributed by atoms with Crippen molar-refractivity contribution < 1.29 is 9.90 Å². The van der Waals surface area contributed by atoms with Gasteiger partial charge in [0.05, 0.1) is 17.3 Å². The lowest BCUT2D eigenvalue weighted by molar-refractivity contribution is 0.0956. The molecule has 2 aromatic carbocycles. The van der Waals surface area contributed by atoms with E-state index < -0.39 is 0 Å². The van der Waals surface area contributed by atoms with Crippen molar-refractivity contribution in [1.82, 2.24) is 10.4 Å². The molecule has 3 rings (SSSR count). The molecule has 3 aromatic rings. The molecule has 0 saturated heterocycles. The number of carbonyl (C=O) groups is 1. The van der Waals surface area contributed by atoms with E-state index in [0.29, 0.717) is 17.5 Å². The molecule has 0 unspecified atom stereocenters. The number of hydrogen-bond acceptors (Lipinski definition) is 3. The largest absolute Gasteiger partial charge is 0.507 e. The molecule has 3 N–H and O–H groups in total. The van der Waals surface area contributed by atoms with Gasteiger partial charge in [0.25, 0.3) is 5.91 Å². The zero-order valence-corrected chi connectivity index (χ0v) is 13.0. The van der Waals surface area contributed by atoms with Gasteiger partial charge in [0.2, 0.25) is 0 Å². The Balaban J connectivity index is 1.77. The lowest BCUT2D eigenvalue weighted by Crippen LogP contribution is -2.18. The summed E-state index contributed by atoms with van der Waals surface area (Å²) >= 11 is 0. The summed E-state index contributed by atoms with van der Waals surface area (Å²) in [4.78, 5) is 15.3. The first-order valence-corrected chi connectivity index (χ1v) is 7.52. The van der Waals surface area contributed by atoms with Gasteiger partial charge in [-0.2, -0.15) is 5.10 Å². The number of aromatic amines is 1. The maximum atomic E-state index is 12.3. The second-order valence-corrected chi connectivity index (χ2v) is 5.29. The second-order valence-electron chi connectivity index (χ2n) is 5.29. The standard InChI is InChI=1S/C19H17N3O2/c1-2-5-14-7-3-8-15(18(14)23)12-21-22-19(24)16-9-4-6-13-10-11-20-17(13)16/h2-4,6-12,20,23H,1,5H2,(H,22,24)/b21-12-. The summed E-state index contributed by atoms with van der Waals surface area (Å²) in [6.45, 7) is 3.66. The van der Waals surface area contributed by atoms with E-state index in [-0.39, 0.29) is 11.7 Å². The van der Waals surface area contributed by atoms with E-state index in [4.69, 9.17) is 0 Å². The maximum absolute atomic E-state index is 12.3. The minimum Gasteiger partial charge on any atom is -0.507 e. The number of nitrogens with zero attached hydrogens (tertiary/aromatic N) is 1. The molecule has 5 heteroatoms.